The zero-order chi connectivity index (χ0) is 13.9. The van der Waals surface area contributed by atoms with Crippen LogP contribution in [0.1, 0.15) is 10.4 Å². The van der Waals surface area contributed by atoms with E-state index in [0.717, 1.165) is 10.2 Å². The van der Waals surface area contributed by atoms with E-state index in [9.17, 15) is 4.79 Å². The molecule has 1 heterocycles. The van der Waals surface area contributed by atoms with Gasteiger partial charge in [-0.05, 0) is 30.3 Å². The van der Waals surface area contributed by atoms with Crippen molar-refractivity contribution in [3.63, 3.8) is 0 Å². The first-order valence-electron chi connectivity index (χ1n) is 5.90. The lowest BCUT2D eigenvalue weighted by Crippen LogP contribution is -2.29. The lowest BCUT2D eigenvalue weighted by atomic mass is 10.2. The molecule has 0 saturated heterocycles. The lowest BCUT2D eigenvalue weighted by molar-refractivity contribution is 0.0962. The summed E-state index contributed by atoms with van der Waals surface area (Å²) in [5.74, 6) is -0.258. The monoisotopic (exact) mass is 303 g/mol. The maximum Gasteiger partial charge on any atom is 0.269 e. The number of aromatic nitrogens is 1. The molecule has 0 atom stereocenters. The first kappa shape index (κ1) is 12.9. The number of nitrogens with one attached hydrogen (secondary N) is 2. The Labute approximate surface area is 124 Å². The molecular weight excluding hydrogens is 294 g/mol. The first-order chi connectivity index (χ1) is 9.72. The second-order valence-corrected chi connectivity index (χ2v) is 5.54. The summed E-state index contributed by atoms with van der Waals surface area (Å²) in [6.07, 6.45) is 0. The molecule has 20 heavy (non-hydrogen) atoms. The van der Waals surface area contributed by atoms with Crippen molar-refractivity contribution in [2.45, 2.75) is 0 Å². The van der Waals surface area contributed by atoms with Crippen LogP contribution in [0.3, 0.4) is 0 Å². The molecular formula is C14H10ClN3OS. The van der Waals surface area contributed by atoms with Crippen molar-refractivity contribution in [3.8, 4) is 0 Å². The number of para-hydroxylation sites is 1. The summed E-state index contributed by atoms with van der Waals surface area (Å²) >= 11 is 7.32. The molecule has 0 saturated carbocycles. The summed E-state index contributed by atoms with van der Waals surface area (Å²) in [5, 5.41) is 1.17. The van der Waals surface area contributed by atoms with E-state index in [1.54, 1.807) is 24.3 Å². The molecule has 0 fully saturated rings. The summed E-state index contributed by atoms with van der Waals surface area (Å²) in [6.45, 7) is 0. The molecule has 3 aromatic rings. The van der Waals surface area contributed by atoms with Crippen LogP contribution in [0.4, 0.5) is 5.13 Å². The van der Waals surface area contributed by atoms with Gasteiger partial charge < -0.3 is 0 Å². The van der Waals surface area contributed by atoms with Crippen LogP contribution in [-0.4, -0.2) is 10.9 Å². The third-order valence-electron chi connectivity index (χ3n) is 2.66. The maximum absolute atomic E-state index is 11.9. The fourth-order valence-corrected chi connectivity index (χ4v) is 2.75. The number of carbonyl (C=O) groups excluding carboxylic acids is 1. The summed E-state index contributed by atoms with van der Waals surface area (Å²) < 4.78 is 1.06. The SMILES string of the molecule is O=C(NNc1nc2ccccc2s1)c1cccc(Cl)c1. The molecule has 0 aliphatic carbocycles. The molecule has 3 rings (SSSR count). The van der Waals surface area contributed by atoms with Crippen LogP contribution in [-0.2, 0) is 0 Å². The van der Waals surface area contributed by atoms with E-state index < -0.39 is 0 Å². The van der Waals surface area contributed by atoms with Crippen molar-refractivity contribution in [1.29, 1.82) is 0 Å². The maximum atomic E-state index is 11.9. The highest BCUT2D eigenvalue weighted by Crippen LogP contribution is 2.24. The molecule has 0 unspecified atom stereocenters. The summed E-state index contributed by atoms with van der Waals surface area (Å²) in [5.41, 5.74) is 6.81. The Morgan fingerprint density at radius 2 is 2.00 bits per heavy atom. The topological polar surface area (TPSA) is 54.0 Å². The van der Waals surface area contributed by atoms with Crippen LogP contribution in [0.2, 0.25) is 5.02 Å². The Balaban J connectivity index is 1.71. The van der Waals surface area contributed by atoms with Gasteiger partial charge in [-0.1, -0.05) is 41.1 Å². The fraction of sp³-hybridized carbons (Fsp3) is 0. The highest BCUT2D eigenvalue weighted by molar-refractivity contribution is 7.22. The van der Waals surface area contributed by atoms with Gasteiger partial charge in [0.05, 0.1) is 10.2 Å². The summed E-state index contributed by atoms with van der Waals surface area (Å²) in [4.78, 5) is 16.3. The van der Waals surface area contributed by atoms with E-state index >= 15 is 0 Å². The molecule has 0 aliphatic heterocycles. The molecule has 0 radical (unpaired) electrons. The van der Waals surface area contributed by atoms with E-state index in [1.807, 2.05) is 24.3 Å². The van der Waals surface area contributed by atoms with Gasteiger partial charge in [0.2, 0.25) is 5.13 Å². The standard InChI is InChI=1S/C14H10ClN3OS/c15-10-5-3-4-9(8-10)13(19)17-18-14-16-11-6-1-2-7-12(11)20-14/h1-8H,(H,16,18)(H,17,19). The van der Waals surface area contributed by atoms with Crippen LogP contribution < -0.4 is 10.9 Å². The minimum atomic E-state index is -0.258. The number of anilines is 1. The number of benzene rings is 2. The van der Waals surface area contributed by atoms with Crippen molar-refractivity contribution in [1.82, 2.24) is 10.4 Å². The van der Waals surface area contributed by atoms with Gasteiger partial charge in [0.25, 0.3) is 5.91 Å². The number of thiazole rings is 1. The van der Waals surface area contributed by atoms with E-state index in [2.05, 4.69) is 15.8 Å². The summed E-state index contributed by atoms with van der Waals surface area (Å²) in [7, 11) is 0. The number of fused-ring (bicyclic) bond motifs is 1. The number of hydrogen-bond acceptors (Lipinski definition) is 4. The van der Waals surface area contributed by atoms with Crippen LogP contribution in [0, 0.1) is 0 Å². The van der Waals surface area contributed by atoms with E-state index in [4.69, 9.17) is 11.6 Å². The number of nitrogens with zero attached hydrogens (tertiary/aromatic N) is 1. The van der Waals surface area contributed by atoms with Crippen LogP contribution in [0.25, 0.3) is 10.2 Å². The minimum absolute atomic E-state index is 0.258. The highest BCUT2D eigenvalue weighted by Gasteiger charge is 2.07. The third kappa shape index (κ3) is 2.74. The molecule has 0 aliphatic rings. The van der Waals surface area contributed by atoms with Gasteiger partial charge in [-0.15, -0.1) is 0 Å². The average Bonchev–Trinajstić information content (AvgIpc) is 2.87. The van der Waals surface area contributed by atoms with Gasteiger partial charge in [0, 0.05) is 10.6 Å². The van der Waals surface area contributed by atoms with Crippen molar-refractivity contribution >= 4 is 44.2 Å². The van der Waals surface area contributed by atoms with Gasteiger partial charge >= 0.3 is 0 Å². The molecule has 1 amide bonds. The summed E-state index contributed by atoms with van der Waals surface area (Å²) in [6, 6.07) is 14.5. The second kappa shape index (κ2) is 5.48. The molecule has 2 N–H and O–H groups in total. The van der Waals surface area contributed by atoms with Crippen molar-refractivity contribution < 1.29 is 4.79 Å². The van der Waals surface area contributed by atoms with E-state index in [0.29, 0.717) is 15.7 Å². The molecule has 100 valence electrons. The Morgan fingerprint density at radius 1 is 1.15 bits per heavy atom. The van der Waals surface area contributed by atoms with Crippen molar-refractivity contribution in [2.24, 2.45) is 0 Å². The van der Waals surface area contributed by atoms with E-state index in [1.165, 1.54) is 11.3 Å². The van der Waals surface area contributed by atoms with Crippen molar-refractivity contribution in [3.05, 3.63) is 59.1 Å². The molecule has 0 spiro atoms. The average molecular weight is 304 g/mol. The lowest BCUT2D eigenvalue weighted by Gasteiger charge is -2.05. The van der Waals surface area contributed by atoms with E-state index in [-0.39, 0.29) is 5.91 Å². The molecule has 0 bridgehead atoms. The smallest absolute Gasteiger partial charge is 0.269 e. The van der Waals surface area contributed by atoms with Crippen molar-refractivity contribution in [2.75, 3.05) is 5.43 Å². The van der Waals surface area contributed by atoms with Gasteiger partial charge in [0.15, 0.2) is 0 Å². The van der Waals surface area contributed by atoms with Crippen LogP contribution in [0.15, 0.2) is 48.5 Å². The largest absolute Gasteiger partial charge is 0.273 e. The zero-order valence-corrected chi connectivity index (χ0v) is 11.8. The number of amides is 1. The number of hydrogen-bond donors (Lipinski definition) is 2. The number of halogens is 1. The normalized spacial score (nSPS) is 10.4. The van der Waals surface area contributed by atoms with Gasteiger partial charge in [0.1, 0.15) is 0 Å². The second-order valence-electron chi connectivity index (χ2n) is 4.08. The highest BCUT2D eigenvalue weighted by atomic mass is 35.5. The number of hydrazine groups is 1. The third-order valence-corrected chi connectivity index (χ3v) is 3.85. The molecule has 1 aromatic heterocycles. The zero-order valence-electron chi connectivity index (χ0n) is 10.3. The quantitative estimate of drug-likeness (QED) is 0.725. The van der Waals surface area contributed by atoms with Gasteiger partial charge in [-0.2, -0.15) is 0 Å². The Bertz CT molecular complexity index is 739. The Hall–Kier alpha value is -2.11. The molecule has 6 heteroatoms. The number of rotatable bonds is 3. The number of carbonyl (C=O) groups is 1. The molecule has 4 nitrogen and oxygen atoms in total. The predicted octanol–water partition coefficient (Wildman–Crippen LogP) is 3.71. The predicted molar refractivity (Wildman–Crippen MR) is 82.2 cm³/mol. The van der Waals surface area contributed by atoms with Crippen LogP contribution >= 0.6 is 22.9 Å². The van der Waals surface area contributed by atoms with Crippen LogP contribution in [0.5, 0.6) is 0 Å². The van der Waals surface area contributed by atoms with Gasteiger partial charge in [-0.25, -0.2) is 4.98 Å². The minimum Gasteiger partial charge on any atom is -0.273 e. The first-order valence-corrected chi connectivity index (χ1v) is 7.09. The molecule has 2 aromatic carbocycles. The Morgan fingerprint density at radius 3 is 2.80 bits per heavy atom. The Kier molecular flexibility index (Phi) is 3.54. The fourth-order valence-electron chi connectivity index (χ4n) is 1.74. The van der Waals surface area contributed by atoms with Gasteiger partial charge in [-0.3, -0.25) is 15.6 Å².